The van der Waals surface area contributed by atoms with Crippen molar-refractivity contribution >= 4 is 5.97 Å². The van der Waals surface area contributed by atoms with Crippen LogP contribution in [0.25, 0.3) is 0 Å². The average molecular weight is 282 g/mol. The van der Waals surface area contributed by atoms with E-state index in [1.165, 1.54) is 25.7 Å². The van der Waals surface area contributed by atoms with Gasteiger partial charge in [-0.1, -0.05) is 13.3 Å². The molecule has 1 aliphatic carbocycles. The lowest BCUT2D eigenvalue weighted by atomic mass is 9.89. The average Bonchev–Trinajstić information content (AvgIpc) is 3.30. The maximum Gasteiger partial charge on any atom is 0.327 e. The SMILES string of the molecule is CCOC(=O)C(CN1CCCCC1CC)(NC)C1CC1. The molecule has 0 radical (unpaired) electrons. The fourth-order valence-electron chi connectivity index (χ4n) is 3.63. The van der Waals surface area contributed by atoms with Crippen LogP contribution in [-0.4, -0.2) is 49.2 Å². The molecule has 0 aromatic heterocycles. The van der Waals surface area contributed by atoms with Gasteiger partial charge in [-0.25, -0.2) is 4.79 Å². The van der Waals surface area contributed by atoms with Crippen LogP contribution < -0.4 is 5.32 Å². The molecular formula is C16H30N2O2. The molecule has 1 saturated carbocycles. The summed E-state index contributed by atoms with van der Waals surface area (Å²) in [5.41, 5.74) is -0.485. The van der Waals surface area contributed by atoms with Crippen LogP contribution >= 0.6 is 0 Å². The molecule has 1 N–H and O–H groups in total. The Morgan fingerprint density at radius 3 is 2.60 bits per heavy atom. The highest BCUT2D eigenvalue weighted by Gasteiger charge is 2.52. The van der Waals surface area contributed by atoms with Crippen LogP contribution in [0.15, 0.2) is 0 Å². The highest BCUT2D eigenvalue weighted by Crippen LogP contribution is 2.41. The quantitative estimate of drug-likeness (QED) is 0.727. The van der Waals surface area contributed by atoms with E-state index in [1.807, 2.05) is 14.0 Å². The summed E-state index contributed by atoms with van der Waals surface area (Å²) >= 11 is 0. The maximum absolute atomic E-state index is 12.5. The molecule has 0 aromatic rings. The molecule has 116 valence electrons. The molecule has 2 fully saturated rings. The van der Waals surface area contributed by atoms with Crippen LogP contribution in [0.4, 0.5) is 0 Å². The summed E-state index contributed by atoms with van der Waals surface area (Å²) in [4.78, 5) is 15.1. The van der Waals surface area contributed by atoms with E-state index >= 15 is 0 Å². The molecular weight excluding hydrogens is 252 g/mol. The summed E-state index contributed by atoms with van der Waals surface area (Å²) in [6, 6.07) is 0.629. The number of likely N-dealkylation sites (N-methyl/N-ethyl adjacent to an activating group) is 1. The molecule has 2 aliphatic rings. The van der Waals surface area contributed by atoms with Crippen molar-refractivity contribution in [3.05, 3.63) is 0 Å². The van der Waals surface area contributed by atoms with Crippen molar-refractivity contribution in [2.75, 3.05) is 26.7 Å². The van der Waals surface area contributed by atoms with Crippen LogP contribution in [0.2, 0.25) is 0 Å². The van der Waals surface area contributed by atoms with Crippen LogP contribution in [0, 0.1) is 5.92 Å². The van der Waals surface area contributed by atoms with E-state index < -0.39 is 5.54 Å². The van der Waals surface area contributed by atoms with Gasteiger partial charge in [0.15, 0.2) is 0 Å². The Hall–Kier alpha value is -0.610. The van der Waals surface area contributed by atoms with Crippen LogP contribution in [0.5, 0.6) is 0 Å². The van der Waals surface area contributed by atoms with Crippen molar-refractivity contribution in [2.45, 2.75) is 64.0 Å². The number of piperidine rings is 1. The molecule has 0 amide bonds. The standard InChI is InChI=1S/C16H30N2O2/c1-4-14-8-6-7-11-18(14)12-16(17-3,13-9-10-13)15(19)20-5-2/h13-14,17H,4-12H2,1-3H3. The van der Waals surface area contributed by atoms with Crippen LogP contribution in [0.1, 0.15) is 52.4 Å². The number of likely N-dealkylation sites (tertiary alicyclic amines) is 1. The zero-order chi connectivity index (χ0) is 14.6. The Balaban J connectivity index is 2.12. The largest absolute Gasteiger partial charge is 0.465 e. The summed E-state index contributed by atoms with van der Waals surface area (Å²) < 4.78 is 5.38. The summed E-state index contributed by atoms with van der Waals surface area (Å²) in [6.07, 6.45) is 7.31. The number of ether oxygens (including phenoxy) is 1. The van der Waals surface area contributed by atoms with Gasteiger partial charge in [0.25, 0.3) is 0 Å². The van der Waals surface area contributed by atoms with Gasteiger partial charge in [-0.15, -0.1) is 0 Å². The van der Waals surface area contributed by atoms with Gasteiger partial charge >= 0.3 is 5.97 Å². The molecule has 1 heterocycles. The molecule has 20 heavy (non-hydrogen) atoms. The Morgan fingerprint density at radius 2 is 2.05 bits per heavy atom. The van der Waals surface area contributed by atoms with E-state index in [9.17, 15) is 4.79 Å². The van der Waals surface area contributed by atoms with Crippen LogP contribution in [0.3, 0.4) is 0 Å². The lowest BCUT2D eigenvalue weighted by Gasteiger charge is -2.42. The van der Waals surface area contributed by atoms with Gasteiger partial charge in [0.2, 0.25) is 0 Å². The molecule has 0 aromatic carbocycles. The van der Waals surface area contributed by atoms with Crippen molar-refractivity contribution in [2.24, 2.45) is 5.92 Å². The summed E-state index contributed by atoms with van der Waals surface area (Å²) in [7, 11) is 1.92. The zero-order valence-electron chi connectivity index (χ0n) is 13.3. The maximum atomic E-state index is 12.5. The van der Waals surface area contributed by atoms with E-state index in [1.54, 1.807) is 0 Å². The first-order valence-electron chi connectivity index (χ1n) is 8.28. The highest BCUT2D eigenvalue weighted by molar-refractivity contribution is 5.82. The number of hydrogen-bond acceptors (Lipinski definition) is 4. The van der Waals surface area contributed by atoms with Gasteiger partial charge in [0.1, 0.15) is 5.54 Å². The molecule has 1 aliphatic heterocycles. The lowest BCUT2D eigenvalue weighted by Crippen LogP contribution is -2.62. The lowest BCUT2D eigenvalue weighted by molar-refractivity contribution is -0.153. The first kappa shape index (κ1) is 15.8. The fourth-order valence-corrected chi connectivity index (χ4v) is 3.63. The number of nitrogens with one attached hydrogen (secondary N) is 1. The monoisotopic (exact) mass is 282 g/mol. The van der Waals surface area contributed by atoms with E-state index in [-0.39, 0.29) is 5.97 Å². The molecule has 2 atom stereocenters. The van der Waals surface area contributed by atoms with E-state index in [4.69, 9.17) is 4.74 Å². The van der Waals surface area contributed by atoms with E-state index in [0.717, 1.165) is 25.9 Å². The fraction of sp³-hybridized carbons (Fsp3) is 0.938. The smallest absolute Gasteiger partial charge is 0.327 e. The number of carbonyl (C=O) groups is 1. The summed E-state index contributed by atoms with van der Waals surface area (Å²) in [6.45, 7) is 6.54. The van der Waals surface area contributed by atoms with Gasteiger partial charge in [0.05, 0.1) is 6.61 Å². The third-order valence-corrected chi connectivity index (χ3v) is 5.03. The summed E-state index contributed by atoms with van der Waals surface area (Å²) in [5.74, 6) is 0.399. The van der Waals surface area contributed by atoms with Gasteiger partial charge in [-0.3, -0.25) is 4.90 Å². The number of esters is 1. The normalized spacial score (nSPS) is 27.1. The van der Waals surface area contributed by atoms with Crippen molar-refractivity contribution < 1.29 is 9.53 Å². The van der Waals surface area contributed by atoms with E-state index in [0.29, 0.717) is 18.6 Å². The molecule has 1 saturated heterocycles. The third-order valence-electron chi connectivity index (χ3n) is 5.03. The second-order valence-electron chi connectivity index (χ2n) is 6.24. The Kier molecular flexibility index (Phi) is 5.44. The van der Waals surface area contributed by atoms with Crippen molar-refractivity contribution in [3.63, 3.8) is 0 Å². The second kappa shape index (κ2) is 6.90. The molecule has 2 rings (SSSR count). The van der Waals surface area contributed by atoms with Gasteiger partial charge in [-0.05, 0) is 58.5 Å². The molecule has 0 bridgehead atoms. The number of hydrogen-bond donors (Lipinski definition) is 1. The van der Waals surface area contributed by atoms with E-state index in [2.05, 4.69) is 17.1 Å². The Bertz CT molecular complexity index is 330. The van der Waals surface area contributed by atoms with Crippen molar-refractivity contribution in [1.82, 2.24) is 10.2 Å². The minimum Gasteiger partial charge on any atom is -0.465 e. The molecule has 0 spiro atoms. The Labute approximate surface area is 123 Å². The zero-order valence-corrected chi connectivity index (χ0v) is 13.3. The molecule has 4 nitrogen and oxygen atoms in total. The predicted molar refractivity (Wildman–Crippen MR) is 80.7 cm³/mol. The number of carbonyl (C=O) groups excluding carboxylic acids is 1. The van der Waals surface area contributed by atoms with Crippen molar-refractivity contribution in [1.29, 1.82) is 0 Å². The topological polar surface area (TPSA) is 41.6 Å². The van der Waals surface area contributed by atoms with Gasteiger partial charge < -0.3 is 10.1 Å². The first-order chi connectivity index (χ1) is 9.67. The molecule has 4 heteroatoms. The van der Waals surface area contributed by atoms with Crippen molar-refractivity contribution in [3.8, 4) is 0 Å². The molecule has 2 unspecified atom stereocenters. The first-order valence-corrected chi connectivity index (χ1v) is 8.28. The van der Waals surface area contributed by atoms with Gasteiger partial charge in [0, 0.05) is 12.6 Å². The second-order valence-corrected chi connectivity index (χ2v) is 6.24. The number of rotatable bonds is 7. The highest BCUT2D eigenvalue weighted by atomic mass is 16.5. The van der Waals surface area contributed by atoms with Crippen LogP contribution in [-0.2, 0) is 9.53 Å². The minimum atomic E-state index is -0.485. The summed E-state index contributed by atoms with van der Waals surface area (Å²) in [5, 5.41) is 3.34. The third kappa shape index (κ3) is 3.17. The Morgan fingerprint density at radius 1 is 1.30 bits per heavy atom. The van der Waals surface area contributed by atoms with Gasteiger partial charge in [-0.2, -0.15) is 0 Å². The predicted octanol–water partition coefficient (Wildman–Crippen LogP) is 2.18. The number of nitrogens with zero attached hydrogens (tertiary/aromatic N) is 1. The minimum absolute atomic E-state index is 0.0505.